The predicted molar refractivity (Wildman–Crippen MR) is 56.0 cm³/mol. The van der Waals surface area contributed by atoms with Crippen molar-refractivity contribution in [2.45, 2.75) is 18.7 Å². The quantitative estimate of drug-likeness (QED) is 0.830. The molecule has 0 bridgehead atoms. The average molecular weight is 228 g/mol. The Hall–Kier alpha value is -1.36. The van der Waals surface area contributed by atoms with Crippen molar-refractivity contribution in [3.8, 4) is 0 Å². The summed E-state index contributed by atoms with van der Waals surface area (Å²) in [5.74, 6) is -1.11. The summed E-state index contributed by atoms with van der Waals surface area (Å²) in [6.45, 7) is 3.15. The van der Waals surface area contributed by atoms with Gasteiger partial charge in [-0.15, -0.1) is 0 Å². The molecule has 0 aliphatic carbocycles. The van der Waals surface area contributed by atoms with E-state index in [0.717, 1.165) is 6.26 Å². The first-order valence-electron chi connectivity index (χ1n) is 4.28. The van der Waals surface area contributed by atoms with Crippen LogP contribution in [0.4, 0.5) is 0 Å². The van der Waals surface area contributed by atoms with Crippen LogP contribution in [0.3, 0.4) is 0 Å². The SMILES string of the molecule is Cc1ccc(C(=O)O)c(C)c1S(C)(=O)=O. The maximum Gasteiger partial charge on any atom is 0.335 e. The summed E-state index contributed by atoms with van der Waals surface area (Å²) >= 11 is 0. The Balaban J connectivity index is 3.66. The van der Waals surface area contributed by atoms with Crippen molar-refractivity contribution in [3.05, 3.63) is 28.8 Å². The summed E-state index contributed by atoms with van der Waals surface area (Å²) < 4.78 is 22.9. The van der Waals surface area contributed by atoms with E-state index >= 15 is 0 Å². The molecule has 1 N–H and O–H groups in total. The van der Waals surface area contributed by atoms with Gasteiger partial charge in [-0.25, -0.2) is 13.2 Å². The second kappa shape index (κ2) is 3.66. The number of sulfone groups is 1. The van der Waals surface area contributed by atoms with Crippen molar-refractivity contribution in [1.29, 1.82) is 0 Å². The molecule has 0 fully saturated rings. The lowest BCUT2D eigenvalue weighted by atomic mass is 10.1. The molecule has 0 saturated carbocycles. The molecule has 82 valence electrons. The first kappa shape index (κ1) is 11.7. The molecule has 1 rings (SSSR count). The van der Waals surface area contributed by atoms with Crippen LogP contribution in [0, 0.1) is 13.8 Å². The van der Waals surface area contributed by atoms with Crippen molar-refractivity contribution >= 4 is 15.8 Å². The molecule has 0 saturated heterocycles. The van der Waals surface area contributed by atoms with E-state index in [4.69, 9.17) is 5.11 Å². The van der Waals surface area contributed by atoms with Gasteiger partial charge in [0, 0.05) is 6.26 Å². The van der Waals surface area contributed by atoms with E-state index in [1.54, 1.807) is 6.92 Å². The molecule has 0 aromatic heterocycles. The molecule has 0 atom stereocenters. The maximum absolute atomic E-state index is 11.5. The molecule has 0 aliphatic rings. The normalized spacial score (nSPS) is 11.4. The number of aryl methyl sites for hydroxylation is 1. The molecule has 1 aromatic carbocycles. The minimum Gasteiger partial charge on any atom is -0.478 e. The van der Waals surface area contributed by atoms with E-state index in [0.29, 0.717) is 11.1 Å². The smallest absolute Gasteiger partial charge is 0.335 e. The molecule has 0 amide bonds. The summed E-state index contributed by atoms with van der Waals surface area (Å²) in [7, 11) is -3.38. The third-order valence-electron chi connectivity index (χ3n) is 2.20. The molecule has 0 aliphatic heterocycles. The number of carbonyl (C=O) groups is 1. The predicted octanol–water partition coefficient (Wildman–Crippen LogP) is 1.41. The summed E-state index contributed by atoms with van der Waals surface area (Å²) in [5.41, 5.74) is 0.894. The Kier molecular flexibility index (Phi) is 2.86. The minimum absolute atomic E-state index is 0.0287. The van der Waals surface area contributed by atoms with Crippen molar-refractivity contribution in [2.75, 3.05) is 6.26 Å². The number of rotatable bonds is 2. The van der Waals surface area contributed by atoms with Crippen LogP contribution >= 0.6 is 0 Å². The van der Waals surface area contributed by atoms with Crippen molar-refractivity contribution in [1.82, 2.24) is 0 Å². The lowest BCUT2D eigenvalue weighted by molar-refractivity contribution is 0.0696. The fraction of sp³-hybridized carbons (Fsp3) is 0.300. The van der Waals surface area contributed by atoms with Crippen LogP contribution in [0.15, 0.2) is 17.0 Å². The molecule has 1 aromatic rings. The lowest BCUT2D eigenvalue weighted by Crippen LogP contribution is -2.08. The monoisotopic (exact) mass is 228 g/mol. The Morgan fingerprint density at radius 2 is 1.80 bits per heavy atom. The fourth-order valence-electron chi connectivity index (χ4n) is 1.63. The van der Waals surface area contributed by atoms with E-state index in [1.165, 1.54) is 19.1 Å². The molecule has 0 spiro atoms. The molecule has 0 unspecified atom stereocenters. The number of benzene rings is 1. The number of carboxylic acids is 1. The van der Waals surface area contributed by atoms with E-state index in [2.05, 4.69) is 0 Å². The highest BCUT2D eigenvalue weighted by Crippen LogP contribution is 2.23. The van der Waals surface area contributed by atoms with Crippen molar-refractivity contribution < 1.29 is 18.3 Å². The molecule has 0 radical (unpaired) electrons. The van der Waals surface area contributed by atoms with Gasteiger partial charge in [0.2, 0.25) is 0 Å². The van der Waals surface area contributed by atoms with E-state index in [9.17, 15) is 13.2 Å². The number of hydrogen-bond donors (Lipinski definition) is 1. The van der Waals surface area contributed by atoms with Crippen LogP contribution in [0.2, 0.25) is 0 Å². The first-order chi connectivity index (χ1) is 6.75. The highest BCUT2D eigenvalue weighted by molar-refractivity contribution is 7.90. The van der Waals surface area contributed by atoms with Crippen molar-refractivity contribution in [3.63, 3.8) is 0 Å². The third kappa shape index (κ3) is 2.18. The lowest BCUT2D eigenvalue weighted by Gasteiger charge is -2.09. The van der Waals surface area contributed by atoms with E-state index < -0.39 is 15.8 Å². The zero-order valence-electron chi connectivity index (χ0n) is 8.73. The molecule has 0 heterocycles. The molecule has 4 nitrogen and oxygen atoms in total. The van der Waals surface area contributed by atoms with Gasteiger partial charge in [0.05, 0.1) is 10.5 Å². The molecular formula is C10H12O4S. The Morgan fingerprint density at radius 1 is 1.27 bits per heavy atom. The number of hydrogen-bond acceptors (Lipinski definition) is 3. The average Bonchev–Trinajstić information content (AvgIpc) is 2.00. The maximum atomic E-state index is 11.5. The zero-order chi connectivity index (χ0) is 11.8. The Bertz CT molecular complexity index is 514. The highest BCUT2D eigenvalue weighted by atomic mass is 32.2. The number of aromatic carboxylic acids is 1. The second-order valence-electron chi connectivity index (χ2n) is 3.46. The Morgan fingerprint density at radius 3 is 2.20 bits per heavy atom. The summed E-state index contributed by atoms with van der Waals surface area (Å²) in [4.78, 5) is 10.9. The summed E-state index contributed by atoms with van der Waals surface area (Å²) in [5, 5.41) is 8.85. The highest BCUT2D eigenvalue weighted by Gasteiger charge is 2.19. The Labute approximate surface area is 88.5 Å². The molecular weight excluding hydrogens is 216 g/mol. The van der Waals surface area contributed by atoms with Gasteiger partial charge in [0.1, 0.15) is 0 Å². The van der Waals surface area contributed by atoms with Gasteiger partial charge in [-0.05, 0) is 31.0 Å². The first-order valence-corrected chi connectivity index (χ1v) is 6.18. The van der Waals surface area contributed by atoms with Gasteiger partial charge in [-0.1, -0.05) is 6.07 Å². The molecule has 15 heavy (non-hydrogen) atoms. The second-order valence-corrected chi connectivity index (χ2v) is 5.41. The van der Waals surface area contributed by atoms with Gasteiger partial charge in [-0.2, -0.15) is 0 Å². The zero-order valence-corrected chi connectivity index (χ0v) is 9.55. The van der Waals surface area contributed by atoms with Crippen LogP contribution < -0.4 is 0 Å². The van der Waals surface area contributed by atoms with Gasteiger partial charge in [-0.3, -0.25) is 0 Å². The fourth-order valence-corrected chi connectivity index (χ4v) is 2.95. The van der Waals surface area contributed by atoms with Crippen LogP contribution in [-0.4, -0.2) is 25.7 Å². The van der Waals surface area contributed by atoms with Gasteiger partial charge in [0.15, 0.2) is 9.84 Å². The van der Waals surface area contributed by atoms with E-state index in [-0.39, 0.29) is 10.5 Å². The van der Waals surface area contributed by atoms with Crippen LogP contribution in [0.25, 0.3) is 0 Å². The van der Waals surface area contributed by atoms with Crippen LogP contribution in [-0.2, 0) is 9.84 Å². The van der Waals surface area contributed by atoms with Crippen LogP contribution in [0.5, 0.6) is 0 Å². The van der Waals surface area contributed by atoms with Gasteiger partial charge in [0.25, 0.3) is 0 Å². The van der Waals surface area contributed by atoms with E-state index in [1.807, 2.05) is 0 Å². The topological polar surface area (TPSA) is 71.4 Å². The minimum atomic E-state index is -3.38. The summed E-state index contributed by atoms with van der Waals surface area (Å²) in [6, 6.07) is 2.93. The standard InChI is InChI=1S/C10H12O4S/c1-6-4-5-8(10(11)12)7(2)9(6)15(3,13)14/h4-5H,1-3H3,(H,11,12). The van der Waals surface area contributed by atoms with Gasteiger partial charge < -0.3 is 5.11 Å². The van der Waals surface area contributed by atoms with Crippen LogP contribution in [0.1, 0.15) is 21.5 Å². The third-order valence-corrected chi connectivity index (χ3v) is 3.57. The number of carboxylic acid groups (broad SMARTS) is 1. The largest absolute Gasteiger partial charge is 0.478 e. The van der Waals surface area contributed by atoms with Gasteiger partial charge >= 0.3 is 5.97 Å². The van der Waals surface area contributed by atoms with Crippen molar-refractivity contribution in [2.24, 2.45) is 0 Å². The molecule has 5 heteroatoms. The summed E-state index contributed by atoms with van der Waals surface area (Å²) in [6.07, 6.45) is 1.08.